The molecule has 5 heteroatoms. The average molecular weight is 328 g/mol. The number of hydrogen-bond acceptors (Lipinski definition) is 4. The van der Waals surface area contributed by atoms with Gasteiger partial charge in [-0.05, 0) is 37.1 Å². The van der Waals surface area contributed by atoms with Crippen LogP contribution in [0.25, 0.3) is 0 Å². The first kappa shape index (κ1) is 16.2. The molecule has 1 saturated carbocycles. The van der Waals surface area contributed by atoms with Crippen molar-refractivity contribution in [1.82, 2.24) is 0 Å². The summed E-state index contributed by atoms with van der Waals surface area (Å²) < 4.78 is 24.1. The van der Waals surface area contributed by atoms with Crippen LogP contribution in [-0.2, 0) is 4.79 Å². The van der Waals surface area contributed by atoms with Crippen molar-refractivity contribution in [1.29, 1.82) is 0 Å². The molecule has 0 unspecified atom stereocenters. The normalized spacial score (nSPS) is 14.4. The summed E-state index contributed by atoms with van der Waals surface area (Å²) in [5.74, 6) is -1.26. The van der Waals surface area contributed by atoms with Crippen molar-refractivity contribution in [2.75, 3.05) is 0 Å². The standard InChI is InChI=1S/C19H17FO4/c20-17-11-4-3-10-16(17)19(22)24-15-9-5-8-14(12-15)23-18(21)13-6-1-2-7-13/h3-5,8-13H,1-2,6-7H2. The van der Waals surface area contributed by atoms with Crippen molar-refractivity contribution in [2.24, 2.45) is 5.92 Å². The molecule has 24 heavy (non-hydrogen) atoms. The number of halogens is 1. The molecule has 0 N–H and O–H groups in total. The maximum absolute atomic E-state index is 13.6. The molecule has 0 atom stereocenters. The van der Waals surface area contributed by atoms with Gasteiger partial charge in [-0.25, -0.2) is 9.18 Å². The molecule has 1 aliphatic carbocycles. The van der Waals surface area contributed by atoms with E-state index in [1.54, 1.807) is 24.3 Å². The fourth-order valence-corrected chi connectivity index (χ4v) is 2.75. The van der Waals surface area contributed by atoms with E-state index in [4.69, 9.17) is 9.47 Å². The summed E-state index contributed by atoms with van der Waals surface area (Å²) in [7, 11) is 0. The molecule has 0 heterocycles. The van der Waals surface area contributed by atoms with Crippen LogP contribution in [-0.4, -0.2) is 11.9 Å². The van der Waals surface area contributed by atoms with E-state index in [0.29, 0.717) is 5.75 Å². The molecule has 1 fully saturated rings. The van der Waals surface area contributed by atoms with Gasteiger partial charge in [0.2, 0.25) is 0 Å². The maximum atomic E-state index is 13.6. The number of ether oxygens (including phenoxy) is 2. The van der Waals surface area contributed by atoms with E-state index < -0.39 is 11.8 Å². The maximum Gasteiger partial charge on any atom is 0.346 e. The number of esters is 2. The third-order valence-corrected chi connectivity index (χ3v) is 4.02. The second-order valence-electron chi connectivity index (χ2n) is 5.75. The predicted octanol–water partition coefficient (Wildman–Crippen LogP) is 4.14. The second-order valence-corrected chi connectivity index (χ2v) is 5.75. The quantitative estimate of drug-likeness (QED) is 0.625. The molecule has 0 amide bonds. The van der Waals surface area contributed by atoms with Gasteiger partial charge in [-0.2, -0.15) is 0 Å². The molecule has 4 nitrogen and oxygen atoms in total. The van der Waals surface area contributed by atoms with Crippen LogP contribution in [0.3, 0.4) is 0 Å². The minimum Gasteiger partial charge on any atom is -0.426 e. The zero-order valence-electron chi connectivity index (χ0n) is 13.0. The molecule has 0 aliphatic heterocycles. The fourth-order valence-electron chi connectivity index (χ4n) is 2.75. The van der Waals surface area contributed by atoms with Crippen LogP contribution >= 0.6 is 0 Å². The summed E-state index contributed by atoms with van der Waals surface area (Å²) in [6.45, 7) is 0. The van der Waals surface area contributed by atoms with Crippen LogP contribution in [0, 0.1) is 11.7 Å². The molecule has 0 aromatic heterocycles. The third-order valence-electron chi connectivity index (χ3n) is 4.02. The average Bonchev–Trinajstić information content (AvgIpc) is 3.10. The van der Waals surface area contributed by atoms with Crippen LogP contribution in [0.4, 0.5) is 4.39 Å². The van der Waals surface area contributed by atoms with E-state index in [0.717, 1.165) is 25.7 Å². The first-order valence-corrected chi connectivity index (χ1v) is 7.92. The number of rotatable bonds is 4. The molecule has 2 aromatic carbocycles. The Morgan fingerprint density at radius 1 is 0.917 bits per heavy atom. The smallest absolute Gasteiger partial charge is 0.346 e. The van der Waals surface area contributed by atoms with Gasteiger partial charge in [-0.15, -0.1) is 0 Å². The highest BCUT2D eigenvalue weighted by atomic mass is 19.1. The van der Waals surface area contributed by atoms with Crippen molar-refractivity contribution in [3.63, 3.8) is 0 Å². The Hall–Kier alpha value is -2.69. The highest BCUT2D eigenvalue weighted by Gasteiger charge is 2.24. The lowest BCUT2D eigenvalue weighted by Gasteiger charge is -2.10. The van der Waals surface area contributed by atoms with Gasteiger partial charge < -0.3 is 9.47 Å². The van der Waals surface area contributed by atoms with Crippen LogP contribution in [0.15, 0.2) is 48.5 Å². The molecule has 2 aromatic rings. The highest BCUT2D eigenvalue weighted by Crippen LogP contribution is 2.28. The summed E-state index contributed by atoms with van der Waals surface area (Å²) >= 11 is 0. The molecular formula is C19H17FO4. The Bertz CT molecular complexity index is 751. The minimum absolute atomic E-state index is 0.0605. The number of hydrogen-bond donors (Lipinski definition) is 0. The largest absolute Gasteiger partial charge is 0.426 e. The number of carbonyl (C=O) groups excluding carboxylic acids is 2. The van der Waals surface area contributed by atoms with Crippen molar-refractivity contribution < 1.29 is 23.5 Å². The summed E-state index contributed by atoms with van der Waals surface area (Å²) in [6, 6.07) is 11.8. The second kappa shape index (κ2) is 7.25. The fraction of sp³-hybridized carbons (Fsp3) is 0.263. The molecule has 3 rings (SSSR count). The molecule has 0 radical (unpaired) electrons. The van der Waals surface area contributed by atoms with Crippen LogP contribution < -0.4 is 9.47 Å². The van der Waals surface area contributed by atoms with E-state index >= 15 is 0 Å². The zero-order chi connectivity index (χ0) is 16.9. The van der Waals surface area contributed by atoms with Gasteiger partial charge in [0.1, 0.15) is 17.3 Å². The van der Waals surface area contributed by atoms with Crippen molar-refractivity contribution >= 4 is 11.9 Å². The van der Waals surface area contributed by atoms with E-state index in [1.165, 1.54) is 24.3 Å². The Morgan fingerprint density at radius 2 is 1.58 bits per heavy atom. The predicted molar refractivity (Wildman–Crippen MR) is 85.4 cm³/mol. The summed E-state index contributed by atoms with van der Waals surface area (Å²) in [6.07, 6.45) is 3.78. The van der Waals surface area contributed by atoms with Crippen LogP contribution in [0.5, 0.6) is 11.5 Å². The first-order chi connectivity index (χ1) is 11.6. The Morgan fingerprint density at radius 3 is 2.29 bits per heavy atom. The van der Waals surface area contributed by atoms with Crippen LogP contribution in [0.1, 0.15) is 36.0 Å². The molecule has 124 valence electrons. The summed E-state index contributed by atoms with van der Waals surface area (Å²) in [5, 5.41) is 0. The van der Waals surface area contributed by atoms with Gasteiger partial charge in [0.05, 0.1) is 11.5 Å². The summed E-state index contributed by atoms with van der Waals surface area (Å²) in [5.41, 5.74) is -0.147. The van der Waals surface area contributed by atoms with Gasteiger partial charge in [0.15, 0.2) is 0 Å². The Kier molecular flexibility index (Phi) is 4.89. The van der Waals surface area contributed by atoms with Crippen LogP contribution in [0.2, 0.25) is 0 Å². The van der Waals surface area contributed by atoms with E-state index in [2.05, 4.69) is 0 Å². The van der Waals surface area contributed by atoms with E-state index in [9.17, 15) is 14.0 Å². The van der Waals surface area contributed by atoms with Gasteiger partial charge in [0.25, 0.3) is 0 Å². The Labute approximate surface area is 139 Å². The molecule has 0 saturated heterocycles. The van der Waals surface area contributed by atoms with Crippen molar-refractivity contribution in [3.05, 3.63) is 59.9 Å². The molecule has 0 bridgehead atoms. The molecule has 0 spiro atoms. The van der Waals surface area contributed by atoms with Gasteiger partial charge >= 0.3 is 11.9 Å². The van der Waals surface area contributed by atoms with Gasteiger partial charge in [-0.3, -0.25) is 4.79 Å². The van der Waals surface area contributed by atoms with Gasteiger partial charge in [-0.1, -0.05) is 31.0 Å². The lowest BCUT2D eigenvalue weighted by Crippen LogP contribution is -2.17. The minimum atomic E-state index is -0.799. The molecular weight excluding hydrogens is 311 g/mol. The third kappa shape index (κ3) is 3.79. The Balaban J connectivity index is 1.68. The lowest BCUT2D eigenvalue weighted by atomic mass is 10.1. The van der Waals surface area contributed by atoms with E-state index in [1.807, 2.05) is 0 Å². The first-order valence-electron chi connectivity index (χ1n) is 7.92. The number of benzene rings is 2. The van der Waals surface area contributed by atoms with Crippen molar-refractivity contribution in [3.8, 4) is 11.5 Å². The monoisotopic (exact) mass is 328 g/mol. The highest BCUT2D eigenvalue weighted by molar-refractivity contribution is 5.91. The summed E-state index contributed by atoms with van der Waals surface area (Å²) in [4.78, 5) is 24.0. The van der Waals surface area contributed by atoms with Gasteiger partial charge in [0, 0.05) is 6.07 Å². The van der Waals surface area contributed by atoms with Crippen molar-refractivity contribution in [2.45, 2.75) is 25.7 Å². The SMILES string of the molecule is O=C(Oc1cccc(OC(=O)C2CCCC2)c1)c1ccccc1F. The lowest BCUT2D eigenvalue weighted by molar-refractivity contribution is -0.138. The van der Waals surface area contributed by atoms with E-state index in [-0.39, 0.29) is 23.2 Å². The topological polar surface area (TPSA) is 52.6 Å². The zero-order valence-corrected chi connectivity index (χ0v) is 13.0. The molecule has 1 aliphatic rings. The number of carbonyl (C=O) groups is 2.